The Labute approximate surface area is 98.5 Å². The maximum Gasteiger partial charge on any atom is 0.204 e. The lowest BCUT2D eigenvalue weighted by atomic mass is 10.2. The van der Waals surface area contributed by atoms with Crippen LogP contribution < -0.4 is 5.32 Å². The number of hydrogen-bond acceptors (Lipinski definition) is 4. The van der Waals surface area contributed by atoms with Crippen molar-refractivity contribution in [2.45, 2.75) is 0 Å². The first-order chi connectivity index (χ1) is 7.50. The second kappa shape index (κ2) is 3.99. The van der Waals surface area contributed by atoms with E-state index in [1.165, 1.54) is 0 Å². The van der Waals surface area contributed by atoms with Crippen LogP contribution in [0.15, 0.2) is 30.1 Å². The predicted molar refractivity (Wildman–Crippen MR) is 62.8 cm³/mol. The van der Waals surface area contributed by atoms with Crippen molar-refractivity contribution in [2.75, 3.05) is 12.3 Å². The molecule has 6 heteroatoms. The van der Waals surface area contributed by atoms with Crippen LogP contribution in [0.1, 0.15) is 5.56 Å². The number of sulfone groups is 1. The smallest absolute Gasteiger partial charge is 0.204 e. The fourth-order valence-electron chi connectivity index (χ4n) is 1.55. The highest BCUT2D eigenvalue weighted by molar-refractivity contribution is 8.00. The summed E-state index contributed by atoms with van der Waals surface area (Å²) in [4.78, 5) is -0.0598. The molecule has 0 spiro atoms. The van der Waals surface area contributed by atoms with Crippen LogP contribution in [0.3, 0.4) is 0 Å². The van der Waals surface area contributed by atoms with Gasteiger partial charge in [0.25, 0.3) is 0 Å². The lowest BCUT2D eigenvalue weighted by Crippen LogP contribution is -2.30. The molecule has 1 aromatic rings. The van der Waals surface area contributed by atoms with E-state index in [4.69, 9.17) is 11.6 Å². The fraction of sp³-hybridized carbons (Fsp3) is 0.200. The number of halogens is 1. The van der Waals surface area contributed by atoms with Crippen molar-refractivity contribution < 1.29 is 13.5 Å². The number of benzene rings is 1. The zero-order valence-electron chi connectivity index (χ0n) is 8.27. The van der Waals surface area contributed by atoms with Crippen molar-refractivity contribution in [1.29, 1.82) is 0 Å². The third-order valence-corrected chi connectivity index (χ3v) is 4.34. The molecule has 0 saturated heterocycles. The van der Waals surface area contributed by atoms with Crippen molar-refractivity contribution in [2.24, 2.45) is 0 Å². The lowest BCUT2D eigenvalue weighted by Gasteiger charge is -2.18. The summed E-state index contributed by atoms with van der Waals surface area (Å²) in [6.45, 7) is 0.227. The highest BCUT2D eigenvalue weighted by Crippen LogP contribution is 2.26. The van der Waals surface area contributed by atoms with Gasteiger partial charge in [0.1, 0.15) is 4.91 Å². The molecular formula is C10H10ClNO3S. The molecular weight excluding hydrogens is 250 g/mol. The van der Waals surface area contributed by atoms with Gasteiger partial charge < -0.3 is 10.4 Å². The van der Waals surface area contributed by atoms with Crippen molar-refractivity contribution in [3.05, 3.63) is 40.7 Å². The minimum atomic E-state index is -3.41. The number of nitrogens with one attached hydrogen (secondary N) is 1. The first-order valence-electron chi connectivity index (χ1n) is 4.66. The Bertz CT molecular complexity index is 534. The van der Waals surface area contributed by atoms with E-state index < -0.39 is 9.84 Å². The molecule has 0 aromatic heterocycles. The SMILES string of the molecule is O=S1(=O)CCNC(O)=C1c1ccc(Cl)cc1. The topological polar surface area (TPSA) is 66.4 Å². The second-order valence-corrected chi connectivity index (χ2v) is 5.91. The van der Waals surface area contributed by atoms with E-state index in [1.54, 1.807) is 24.3 Å². The number of hydrogen-bond donors (Lipinski definition) is 2. The average molecular weight is 260 g/mol. The molecule has 0 amide bonds. The standard InChI is InChI=1S/C10H10ClNO3S/c11-8-3-1-7(2-4-8)9-10(13)12-5-6-16(9,14)15/h1-4,12-13H,5-6H2. The molecule has 4 nitrogen and oxygen atoms in total. The van der Waals surface area contributed by atoms with Crippen LogP contribution in [-0.4, -0.2) is 25.8 Å². The molecule has 0 bridgehead atoms. The van der Waals surface area contributed by atoms with Crippen molar-refractivity contribution in [3.8, 4) is 0 Å². The van der Waals surface area contributed by atoms with E-state index in [9.17, 15) is 13.5 Å². The van der Waals surface area contributed by atoms with Crippen LogP contribution in [0.5, 0.6) is 0 Å². The van der Waals surface area contributed by atoms with Gasteiger partial charge >= 0.3 is 0 Å². The van der Waals surface area contributed by atoms with Crippen LogP contribution in [0, 0.1) is 0 Å². The molecule has 1 aromatic carbocycles. The van der Waals surface area contributed by atoms with Gasteiger partial charge in [-0.2, -0.15) is 0 Å². The summed E-state index contributed by atoms with van der Waals surface area (Å²) in [5, 5.41) is 12.7. The molecule has 0 atom stereocenters. The zero-order chi connectivity index (χ0) is 11.8. The summed E-state index contributed by atoms with van der Waals surface area (Å²) in [6.07, 6.45) is 0. The fourth-order valence-corrected chi connectivity index (χ4v) is 3.11. The minimum Gasteiger partial charge on any atom is -0.494 e. The molecule has 0 fully saturated rings. The van der Waals surface area contributed by atoms with Gasteiger partial charge in [0.2, 0.25) is 5.88 Å². The van der Waals surface area contributed by atoms with E-state index >= 15 is 0 Å². The summed E-state index contributed by atoms with van der Waals surface area (Å²) >= 11 is 5.71. The molecule has 1 heterocycles. The molecule has 1 aliphatic heterocycles. The highest BCUT2D eigenvalue weighted by atomic mass is 35.5. The van der Waals surface area contributed by atoms with Crippen molar-refractivity contribution in [3.63, 3.8) is 0 Å². The quantitative estimate of drug-likeness (QED) is 0.803. The van der Waals surface area contributed by atoms with Gasteiger partial charge in [-0.1, -0.05) is 23.7 Å². The highest BCUT2D eigenvalue weighted by Gasteiger charge is 2.27. The molecule has 2 N–H and O–H groups in total. The molecule has 0 aliphatic carbocycles. The molecule has 0 radical (unpaired) electrons. The van der Waals surface area contributed by atoms with Gasteiger partial charge in [0.15, 0.2) is 9.84 Å². The van der Waals surface area contributed by atoms with Crippen LogP contribution in [0.25, 0.3) is 4.91 Å². The Morgan fingerprint density at radius 1 is 1.25 bits per heavy atom. The van der Waals surface area contributed by atoms with Gasteiger partial charge in [-0.25, -0.2) is 8.42 Å². The van der Waals surface area contributed by atoms with Gasteiger partial charge in [0.05, 0.1) is 5.75 Å². The number of rotatable bonds is 1. The monoisotopic (exact) mass is 259 g/mol. The number of aliphatic hydroxyl groups is 1. The van der Waals surface area contributed by atoms with E-state index in [-0.39, 0.29) is 23.1 Å². The number of aliphatic hydroxyl groups excluding tert-OH is 1. The molecule has 1 aliphatic rings. The van der Waals surface area contributed by atoms with Crippen LogP contribution >= 0.6 is 11.6 Å². The molecule has 86 valence electrons. The van der Waals surface area contributed by atoms with Gasteiger partial charge in [-0.05, 0) is 17.7 Å². The Morgan fingerprint density at radius 3 is 2.44 bits per heavy atom. The zero-order valence-corrected chi connectivity index (χ0v) is 9.85. The summed E-state index contributed by atoms with van der Waals surface area (Å²) in [6, 6.07) is 6.31. The normalized spacial score (nSPS) is 19.3. The third kappa shape index (κ3) is 2.01. The van der Waals surface area contributed by atoms with Gasteiger partial charge in [-0.3, -0.25) is 0 Å². The average Bonchev–Trinajstić information content (AvgIpc) is 2.19. The molecule has 16 heavy (non-hydrogen) atoms. The largest absolute Gasteiger partial charge is 0.494 e. The van der Waals surface area contributed by atoms with Crippen LogP contribution in [-0.2, 0) is 9.84 Å². The Kier molecular flexibility index (Phi) is 2.82. The van der Waals surface area contributed by atoms with E-state index in [0.717, 1.165) is 0 Å². The van der Waals surface area contributed by atoms with Gasteiger partial charge in [0, 0.05) is 11.6 Å². The van der Waals surface area contributed by atoms with Gasteiger partial charge in [-0.15, -0.1) is 0 Å². The van der Waals surface area contributed by atoms with Crippen molar-refractivity contribution >= 4 is 26.3 Å². The van der Waals surface area contributed by atoms with E-state index in [2.05, 4.69) is 5.32 Å². The van der Waals surface area contributed by atoms with Crippen LogP contribution in [0.4, 0.5) is 0 Å². The first-order valence-corrected chi connectivity index (χ1v) is 6.69. The summed E-state index contributed by atoms with van der Waals surface area (Å²) in [7, 11) is -3.41. The Hall–Kier alpha value is -1.20. The molecule has 2 rings (SSSR count). The summed E-state index contributed by atoms with van der Waals surface area (Å²) in [5.41, 5.74) is 0.439. The molecule has 0 unspecified atom stereocenters. The molecule has 0 saturated carbocycles. The predicted octanol–water partition coefficient (Wildman–Crippen LogP) is 1.54. The summed E-state index contributed by atoms with van der Waals surface area (Å²) < 4.78 is 23.6. The second-order valence-electron chi connectivity index (χ2n) is 3.43. The van der Waals surface area contributed by atoms with E-state index in [0.29, 0.717) is 10.6 Å². The minimum absolute atomic E-state index is 0.0188. The van der Waals surface area contributed by atoms with E-state index in [1.807, 2.05) is 0 Å². The van der Waals surface area contributed by atoms with Crippen molar-refractivity contribution in [1.82, 2.24) is 5.32 Å². The Morgan fingerprint density at radius 2 is 1.88 bits per heavy atom. The summed E-state index contributed by atoms with van der Waals surface area (Å²) in [5.74, 6) is -0.316. The Balaban J connectivity index is 2.57. The van der Waals surface area contributed by atoms with Crippen LogP contribution in [0.2, 0.25) is 5.02 Å². The third-order valence-electron chi connectivity index (χ3n) is 2.30. The maximum atomic E-state index is 11.8. The maximum absolute atomic E-state index is 11.8. The first kappa shape index (κ1) is 11.3. The lowest BCUT2D eigenvalue weighted by molar-refractivity contribution is 0.369.